The van der Waals surface area contributed by atoms with Crippen LogP contribution in [0.5, 0.6) is 0 Å². The van der Waals surface area contributed by atoms with Crippen molar-refractivity contribution in [1.29, 1.82) is 0 Å². The van der Waals surface area contributed by atoms with Crippen molar-refractivity contribution in [3.8, 4) is 0 Å². The molecular formula is C18H17NO5. The molecule has 6 heteroatoms. The monoisotopic (exact) mass is 327 g/mol. The van der Waals surface area contributed by atoms with E-state index in [1.54, 1.807) is 6.07 Å². The number of carboxylic acid groups (broad SMARTS) is 1. The normalized spacial score (nSPS) is 13.8. The first-order valence-corrected chi connectivity index (χ1v) is 7.57. The van der Waals surface area contributed by atoms with E-state index in [0.717, 1.165) is 11.1 Å². The van der Waals surface area contributed by atoms with Crippen LogP contribution in [0.25, 0.3) is 0 Å². The summed E-state index contributed by atoms with van der Waals surface area (Å²) in [5, 5.41) is 9.17. The van der Waals surface area contributed by atoms with E-state index in [-0.39, 0.29) is 12.2 Å². The van der Waals surface area contributed by atoms with Crippen LogP contribution in [-0.4, -0.2) is 30.3 Å². The summed E-state index contributed by atoms with van der Waals surface area (Å²) >= 11 is 0. The fourth-order valence-electron chi connectivity index (χ4n) is 2.52. The maximum Gasteiger partial charge on any atom is 0.414 e. The molecule has 0 atom stereocenters. The number of hydrogen-bond donors (Lipinski definition) is 1. The van der Waals surface area contributed by atoms with Crippen LogP contribution in [0.4, 0.5) is 10.5 Å². The Kier molecular flexibility index (Phi) is 4.77. The molecule has 2 aromatic carbocycles. The van der Waals surface area contributed by atoms with Gasteiger partial charge >= 0.3 is 12.1 Å². The third kappa shape index (κ3) is 3.55. The highest BCUT2D eigenvalue weighted by Gasteiger charge is 2.24. The van der Waals surface area contributed by atoms with Gasteiger partial charge in [-0.15, -0.1) is 0 Å². The minimum absolute atomic E-state index is 0.122. The second-order valence-corrected chi connectivity index (χ2v) is 5.39. The molecule has 1 N–H and O–H groups in total. The molecule has 124 valence electrons. The number of rotatable bonds is 3. The number of nitrogens with zero attached hydrogens (tertiary/aromatic N) is 1. The summed E-state index contributed by atoms with van der Waals surface area (Å²) in [6.07, 6.45) is -0.520. The molecule has 0 radical (unpaired) electrons. The Labute approximate surface area is 139 Å². The van der Waals surface area contributed by atoms with Crippen molar-refractivity contribution in [2.75, 3.05) is 18.1 Å². The maximum atomic E-state index is 12.5. The lowest BCUT2D eigenvalue weighted by Gasteiger charge is -2.22. The Morgan fingerprint density at radius 3 is 2.71 bits per heavy atom. The molecule has 1 aliphatic heterocycles. The zero-order chi connectivity index (χ0) is 16.9. The standard InChI is InChI=1S/C18H17NO5/c20-17(21)14-6-7-15-12-23-9-8-19(16(15)10-14)18(22)24-11-13-4-2-1-3-5-13/h1-7,10H,8-9,11-12H2,(H,20,21). The molecule has 1 amide bonds. The molecule has 1 aliphatic rings. The lowest BCUT2D eigenvalue weighted by molar-refractivity contribution is 0.0696. The molecule has 0 fully saturated rings. The molecule has 0 saturated carbocycles. The van der Waals surface area contributed by atoms with Crippen LogP contribution in [-0.2, 0) is 22.7 Å². The predicted molar refractivity (Wildman–Crippen MR) is 87.0 cm³/mol. The Hall–Kier alpha value is -2.86. The SMILES string of the molecule is O=C(O)c1ccc2c(c1)N(C(=O)OCc1ccccc1)CCOC2. The minimum Gasteiger partial charge on any atom is -0.478 e. The average Bonchev–Trinajstić information content (AvgIpc) is 2.82. The summed E-state index contributed by atoms with van der Waals surface area (Å²) in [6, 6.07) is 14.0. The second-order valence-electron chi connectivity index (χ2n) is 5.39. The Bertz CT molecular complexity index is 744. The van der Waals surface area contributed by atoms with Gasteiger partial charge in [-0.3, -0.25) is 4.90 Å². The van der Waals surface area contributed by atoms with Crippen molar-refractivity contribution < 1.29 is 24.2 Å². The number of anilines is 1. The smallest absolute Gasteiger partial charge is 0.414 e. The fourth-order valence-corrected chi connectivity index (χ4v) is 2.52. The molecule has 3 rings (SSSR count). The third-order valence-electron chi connectivity index (χ3n) is 3.77. The van der Waals surface area contributed by atoms with Crippen molar-refractivity contribution >= 4 is 17.7 Å². The molecule has 0 spiro atoms. The van der Waals surface area contributed by atoms with Crippen LogP contribution in [0, 0.1) is 0 Å². The van der Waals surface area contributed by atoms with Crippen molar-refractivity contribution in [1.82, 2.24) is 0 Å². The van der Waals surface area contributed by atoms with Gasteiger partial charge in [0, 0.05) is 5.56 Å². The molecule has 0 saturated heterocycles. The minimum atomic E-state index is -1.04. The summed E-state index contributed by atoms with van der Waals surface area (Å²) in [7, 11) is 0. The lowest BCUT2D eigenvalue weighted by atomic mass is 10.1. The topological polar surface area (TPSA) is 76.1 Å². The number of aromatic carboxylic acids is 1. The first kappa shape index (κ1) is 16.0. The van der Waals surface area contributed by atoms with Gasteiger partial charge in [-0.1, -0.05) is 36.4 Å². The number of fused-ring (bicyclic) bond motifs is 1. The molecular weight excluding hydrogens is 310 g/mol. The van der Waals surface area contributed by atoms with Crippen molar-refractivity contribution in [2.24, 2.45) is 0 Å². The van der Waals surface area contributed by atoms with Crippen molar-refractivity contribution in [3.05, 3.63) is 65.2 Å². The van der Waals surface area contributed by atoms with E-state index in [0.29, 0.717) is 25.4 Å². The van der Waals surface area contributed by atoms with Crippen LogP contribution >= 0.6 is 0 Å². The quantitative estimate of drug-likeness (QED) is 0.937. The number of amides is 1. The van der Waals surface area contributed by atoms with E-state index in [9.17, 15) is 9.59 Å². The molecule has 0 aliphatic carbocycles. The molecule has 24 heavy (non-hydrogen) atoms. The number of ether oxygens (including phenoxy) is 2. The summed E-state index contributed by atoms with van der Waals surface area (Å²) in [5.41, 5.74) is 2.28. The number of carboxylic acids is 1. The zero-order valence-electron chi connectivity index (χ0n) is 13.0. The maximum absolute atomic E-state index is 12.5. The van der Waals surface area contributed by atoms with Gasteiger partial charge in [-0.2, -0.15) is 0 Å². The van der Waals surface area contributed by atoms with Gasteiger partial charge < -0.3 is 14.6 Å². The predicted octanol–water partition coefficient (Wildman–Crippen LogP) is 3.06. The lowest BCUT2D eigenvalue weighted by Crippen LogP contribution is -2.33. The Morgan fingerprint density at radius 1 is 1.17 bits per heavy atom. The van der Waals surface area contributed by atoms with Gasteiger partial charge in [0.1, 0.15) is 6.61 Å². The Balaban J connectivity index is 1.81. The van der Waals surface area contributed by atoms with E-state index in [1.807, 2.05) is 30.3 Å². The highest BCUT2D eigenvalue weighted by Crippen LogP contribution is 2.26. The van der Waals surface area contributed by atoms with E-state index < -0.39 is 12.1 Å². The highest BCUT2D eigenvalue weighted by molar-refractivity contribution is 5.93. The van der Waals surface area contributed by atoms with Gasteiger partial charge in [-0.25, -0.2) is 9.59 Å². The van der Waals surface area contributed by atoms with Gasteiger partial charge in [0.2, 0.25) is 0 Å². The van der Waals surface area contributed by atoms with Crippen LogP contribution in [0.1, 0.15) is 21.5 Å². The highest BCUT2D eigenvalue weighted by atomic mass is 16.6. The molecule has 6 nitrogen and oxygen atoms in total. The number of carbonyl (C=O) groups is 2. The summed E-state index contributed by atoms with van der Waals surface area (Å²) in [6.45, 7) is 1.16. The van der Waals surface area contributed by atoms with E-state index in [1.165, 1.54) is 17.0 Å². The molecule has 1 heterocycles. The number of benzene rings is 2. The van der Waals surface area contributed by atoms with Crippen LogP contribution in [0.15, 0.2) is 48.5 Å². The third-order valence-corrected chi connectivity index (χ3v) is 3.77. The van der Waals surface area contributed by atoms with E-state index in [2.05, 4.69) is 0 Å². The van der Waals surface area contributed by atoms with Gasteiger partial charge in [-0.05, 0) is 17.7 Å². The molecule has 2 aromatic rings. The summed E-state index contributed by atoms with van der Waals surface area (Å²) in [4.78, 5) is 25.1. The van der Waals surface area contributed by atoms with Crippen molar-refractivity contribution in [2.45, 2.75) is 13.2 Å². The average molecular weight is 327 g/mol. The molecule has 0 bridgehead atoms. The van der Waals surface area contributed by atoms with Crippen LogP contribution in [0.3, 0.4) is 0 Å². The van der Waals surface area contributed by atoms with Crippen LogP contribution in [0.2, 0.25) is 0 Å². The second kappa shape index (κ2) is 7.14. The van der Waals surface area contributed by atoms with Crippen molar-refractivity contribution in [3.63, 3.8) is 0 Å². The molecule has 0 aromatic heterocycles. The van der Waals surface area contributed by atoms with Gasteiger partial charge in [0.15, 0.2) is 0 Å². The zero-order valence-corrected chi connectivity index (χ0v) is 13.0. The fraction of sp³-hybridized carbons (Fsp3) is 0.222. The first-order valence-electron chi connectivity index (χ1n) is 7.57. The molecule has 0 unspecified atom stereocenters. The van der Waals surface area contributed by atoms with Crippen LogP contribution < -0.4 is 4.90 Å². The Morgan fingerprint density at radius 2 is 1.96 bits per heavy atom. The summed E-state index contributed by atoms with van der Waals surface area (Å²) < 4.78 is 10.8. The van der Waals surface area contributed by atoms with Gasteiger partial charge in [0.05, 0.1) is 31.0 Å². The summed E-state index contributed by atoms with van der Waals surface area (Å²) in [5.74, 6) is -1.04. The largest absolute Gasteiger partial charge is 0.478 e. The van der Waals surface area contributed by atoms with E-state index in [4.69, 9.17) is 14.6 Å². The number of hydrogen-bond acceptors (Lipinski definition) is 4. The number of carbonyl (C=O) groups excluding carboxylic acids is 1. The first-order chi connectivity index (χ1) is 11.6. The van der Waals surface area contributed by atoms with Gasteiger partial charge in [0.25, 0.3) is 0 Å². The van der Waals surface area contributed by atoms with E-state index >= 15 is 0 Å².